The molecule has 0 saturated carbocycles. The minimum absolute atomic E-state index is 0. The summed E-state index contributed by atoms with van der Waals surface area (Å²) in [5.74, 6) is 2.46. The van der Waals surface area contributed by atoms with Crippen molar-refractivity contribution >= 4 is 7.05 Å². The summed E-state index contributed by atoms with van der Waals surface area (Å²) in [5, 5.41) is 0. The van der Waals surface area contributed by atoms with Crippen LogP contribution in [0.2, 0.25) is 0 Å². The van der Waals surface area contributed by atoms with E-state index in [0.29, 0.717) is 0 Å². The molecule has 33 heavy (non-hydrogen) atoms. The maximum absolute atomic E-state index is 5.51. The Kier molecular flexibility index (Phi) is 23.8. The molecule has 0 radical (unpaired) electrons. The van der Waals surface area contributed by atoms with E-state index in [2.05, 4.69) is 78.8 Å². The predicted octanol–water partition coefficient (Wildman–Crippen LogP) is 10.9. The van der Waals surface area contributed by atoms with Crippen LogP contribution >= 0.6 is 7.05 Å². The normalized spacial score (nSPS) is 13.7. The molecular formula is C30H56NPTi. The van der Waals surface area contributed by atoms with E-state index < -0.39 is 7.05 Å². The molecule has 0 bridgehead atoms. The van der Waals surface area contributed by atoms with Crippen molar-refractivity contribution in [1.29, 1.82) is 0 Å². The van der Waals surface area contributed by atoms with E-state index in [1.54, 1.807) is 0 Å². The molecule has 0 saturated heterocycles. The Balaban J connectivity index is 0. The number of nitrogens with zero attached hydrogens (tertiary/aromatic N) is 1. The monoisotopic (exact) mass is 509 g/mol. The average Bonchev–Trinajstić information content (AvgIpc) is 3.21. The van der Waals surface area contributed by atoms with Gasteiger partial charge in [-0.05, 0) is 82.0 Å². The Hall–Kier alpha value is -0.0957. The van der Waals surface area contributed by atoms with Crippen LogP contribution in [0, 0.1) is 17.8 Å². The first kappa shape index (κ1) is 35.1. The minimum Gasteiger partial charge on any atom is -0.272 e. The molecule has 1 rings (SSSR count). The number of rotatable bonds is 15. The first-order chi connectivity index (χ1) is 15.2. The van der Waals surface area contributed by atoms with E-state index in [1.807, 2.05) is 19.1 Å². The maximum atomic E-state index is 5.51. The van der Waals surface area contributed by atoms with Gasteiger partial charge in [-0.2, -0.15) is 0 Å². The zero-order valence-electron chi connectivity index (χ0n) is 23.4. The van der Waals surface area contributed by atoms with Crippen molar-refractivity contribution in [2.45, 2.75) is 107 Å². The van der Waals surface area contributed by atoms with Crippen LogP contribution in [-0.4, -0.2) is 18.5 Å². The molecule has 0 aromatic heterocycles. The second-order valence-electron chi connectivity index (χ2n) is 10.6. The first-order valence-corrected chi connectivity index (χ1v) is 15.8. The summed E-state index contributed by atoms with van der Waals surface area (Å²) in [6, 6.07) is 0. The van der Waals surface area contributed by atoms with Crippen molar-refractivity contribution in [3.8, 4) is 0 Å². The topological polar surface area (TPSA) is 12.4 Å². The molecule has 0 N–H and O–H groups in total. The van der Waals surface area contributed by atoms with Crippen molar-refractivity contribution in [3.05, 3.63) is 48.2 Å². The van der Waals surface area contributed by atoms with E-state index in [1.165, 1.54) is 62.7 Å². The van der Waals surface area contributed by atoms with Gasteiger partial charge in [0, 0.05) is 33.8 Å². The van der Waals surface area contributed by atoms with Gasteiger partial charge < -0.3 is 0 Å². The molecule has 1 nitrogen and oxygen atoms in total. The summed E-state index contributed by atoms with van der Waals surface area (Å²) in [6.45, 7) is 18.3. The van der Waals surface area contributed by atoms with Crippen LogP contribution < -0.4 is 0 Å². The van der Waals surface area contributed by atoms with E-state index in [4.69, 9.17) is 4.74 Å². The Morgan fingerprint density at radius 3 is 1.67 bits per heavy atom. The third-order valence-corrected chi connectivity index (χ3v) is 9.96. The van der Waals surface area contributed by atoms with Crippen LogP contribution in [0.25, 0.3) is 0 Å². The van der Waals surface area contributed by atoms with E-state index in [-0.39, 0.29) is 21.7 Å². The molecule has 0 aliphatic heterocycles. The predicted molar refractivity (Wildman–Crippen MR) is 152 cm³/mol. The van der Waals surface area contributed by atoms with Crippen molar-refractivity contribution in [2.75, 3.05) is 18.5 Å². The molecule has 0 heterocycles. The van der Waals surface area contributed by atoms with Gasteiger partial charge in [-0.1, -0.05) is 104 Å². The Labute approximate surface area is 224 Å². The van der Waals surface area contributed by atoms with Crippen LogP contribution in [0.4, 0.5) is 0 Å². The van der Waals surface area contributed by atoms with Crippen LogP contribution in [0.3, 0.4) is 0 Å². The maximum Gasteiger partial charge on any atom is 0.0425 e. The zero-order valence-corrected chi connectivity index (χ0v) is 25.9. The fraction of sp³-hybridized carbons (Fsp3) is 0.733. The molecule has 0 fully saturated rings. The van der Waals surface area contributed by atoms with E-state index in [0.717, 1.165) is 30.6 Å². The van der Waals surface area contributed by atoms with Crippen molar-refractivity contribution in [3.63, 3.8) is 0 Å². The SMILES string of the molecule is CC(C)CCCP(CCCC(C)C)(CCCC(C)C)=NC1=CC=CC1.CC=CC=CCC.[Ti]. The van der Waals surface area contributed by atoms with Gasteiger partial charge >= 0.3 is 0 Å². The number of hydrogen-bond donors (Lipinski definition) is 0. The standard InChI is InChI=1S/C23H44NP.C7H12.Ti/c1-20(2)12-9-17-25(18-10-13-21(3)4,19-11-14-22(5)6)24-23-15-7-8-16-23;1-3-5-7-6-4-2;/h7-8,15,20-22H,9-14,16-19H2,1-6H3;3,5-7H,4H2,1-2H3;. The van der Waals surface area contributed by atoms with Gasteiger partial charge in [0.05, 0.1) is 0 Å². The molecule has 0 amide bonds. The van der Waals surface area contributed by atoms with Gasteiger partial charge in [-0.25, -0.2) is 0 Å². The first-order valence-electron chi connectivity index (χ1n) is 13.5. The van der Waals surface area contributed by atoms with Crippen molar-refractivity contribution in [1.82, 2.24) is 0 Å². The average molecular weight is 510 g/mol. The van der Waals surface area contributed by atoms with Crippen LogP contribution in [-0.2, 0) is 21.7 Å². The molecule has 0 spiro atoms. The second-order valence-corrected chi connectivity index (χ2v) is 14.4. The fourth-order valence-corrected chi connectivity index (χ4v) is 7.95. The summed E-state index contributed by atoms with van der Waals surface area (Å²) >= 11 is 0. The number of allylic oxidation sites excluding steroid dienone is 7. The van der Waals surface area contributed by atoms with Gasteiger partial charge in [0.2, 0.25) is 0 Å². The third-order valence-electron chi connectivity index (χ3n) is 5.84. The van der Waals surface area contributed by atoms with Gasteiger partial charge in [-0.15, -0.1) is 0 Å². The number of hydrogen-bond acceptors (Lipinski definition) is 1. The Bertz CT molecular complexity index is 580. The Morgan fingerprint density at radius 1 is 0.848 bits per heavy atom. The zero-order chi connectivity index (χ0) is 24.2. The molecule has 1 aliphatic rings. The Morgan fingerprint density at radius 2 is 1.33 bits per heavy atom. The van der Waals surface area contributed by atoms with Crippen LogP contribution in [0.5, 0.6) is 0 Å². The fourth-order valence-electron chi connectivity index (χ4n) is 3.98. The molecule has 0 atom stereocenters. The molecule has 190 valence electrons. The van der Waals surface area contributed by atoms with Crippen molar-refractivity contribution in [2.24, 2.45) is 22.5 Å². The van der Waals surface area contributed by atoms with E-state index in [9.17, 15) is 0 Å². The van der Waals surface area contributed by atoms with Crippen LogP contribution in [0.15, 0.2) is 53.0 Å². The van der Waals surface area contributed by atoms with Gasteiger partial charge in [0.25, 0.3) is 0 Å². The van der Waals surface area contributed by atoms with E-state index >= 15 is 0 Å². The summed E-state index contributed by atoms with van der Waals surface area (Å²) in [6.07, 6.45) is 29.5. The summed E-state index contributed by atoms with van der Waals surface area (Å²) < 4.78 is 5.51. The molecule has 0 aromatic rings. The van der Waals surface area contributed by atoms with Crippen LogP contribution in [0.1, 0.15) is 107 Å². The van der Waals surface area contributed by atoms with Crippen molar-refractivity contribution < 1.29 is 21.7 Å². The third kappa shape index (κ3) is 20.9. The molecule has 1 aliphatic carbocycles. The van der Waals surface area contributed by atoms with Gasteiger partial charge in [0.15, 0.2) is 0 Å². The molecular weight excluding hydrogens is 453 g/mol. The summed E-state index contributed by atoms with van der Waals surface area (Å²) in [5.41, 5.74) is 1.37. The largest absolute Gasteiger partial charge is 0.272 e. The second kappa shape index (κ2) is 22.4. The quantitative estimate of drug-likeness (QED) is 0.118. The summed E-state index contributed by atoms with van der Waals surface area (Å²) in [4.78, 5) is 0. The summed E-state index contributed by atoms with van der Waals surface area (Å²) in [7, 11) is -1.20. The minimum atomic E-state index is -1.20. The smallest absolute Gasteiger partial charge is 0.0425 e. The molecule has 0 aromatic carbocycles. The van der Waals surface area contributed by atoms with Gasteiger partial charge in [-0.3, -0.25) is 4.74 Å². The van der Waals surface area contributed by atoms with Gasteiger partial charge in [0.1, 0.15) is 0 Å². The molecule has 3 heteroatoms. The molecule has 0 unspecified atom stereocenters.